The van der Waals surface area contributed by atoms with E-state index in [2.05, 4.69) is 10.2 Å². The summed E-state index contributed by atoms with van der Waals surface area (Å²) in [5, 5.41) is 16.2. The molecule has 17 heavy (non-hydrogen) atoms. The predicted octanol–water partition coefficient (Wildman–Crippen LogP) is 1.46. The topological polar surface area (TPSA) is 68.0 Å². The molecule has 2 aromatic rings. The average molecular weight is 239 g/mol. The van der Waals surface area contributed by atoms with Crippen molar-refractivity contribution in [1.82, 2.24) is 15.0 Å². The van der Waals surface area contributed by atoms with Gasteiger partial charge >= 0.3 is 5.97 Å². The average Bonchev–Trinajstić information content (AvgIpc) is 2.64. The van der Waals surface area contributed by atoms with Crippen molar-refractivity contribution in [2.45, 2.75) is 0 Å². The highest BCUT2D eigenvalue weighted by molar-refractivity contribution is 5.92. The second kappa shape index (κ2) is 3.93. The maximum Gasteiger partial charge on any atom is 0.358 e. The molecule has 1 N–H and O–H groups in total. The summed E-state index contributed by atoms with van der Waals surface area (Å²) in [5.74, 6) is -2.78. The molecule has 0 saturated carbocycles. The van der Waals surface area contributed by atoms with Gasteiger partial charge in [0.05, 0.1) is 0 Å². The highest BCUT2D eigenvalue weighted by Crippen LogP contribution is 2.24. The van der Waals surface area contributed by atoms with E-state index >= 15 is 0 Å². The molecule has 7 heteroatoms. The zero-order chi connectivity index (χ0) is 12.6. The molecule has 1 aromatic heterocycles. The molecule has 2 rings (SSSR count). The number of carboxylic acids is 1. The number of carbonyl (C=O) groups is 1. The number of rotatable bonds is 2. The third kappa shape index (κ3) is 1.99. The lowest BCUT2D eigenvalue weighted by molar-refractivity contribution is 0.0690. The van der Waals surface area contributed by atoms with Crippen LogP contribution in [0.25, 0.3) is 11.3 Å². The molecule has 0 aliphatic heterocycles. The lowest BCUT2D eigenvalue weighted by Gasteiger charge is -1.99. The number of halogens is 2. The van der Waals surface area contributed by atoms with Gasteiger partial charge in [-0.1, -0.05) is 0 Å². The molecule has 0 aliphatic carbocycles. The minimum Gasteiger partial charge on any atom is -0.476 e. The van der Waals surface area contributed by atoms with Crippen LogP contribution in [0.3, 0.4) is 0 Å². The van der Waals surface area contributed by atoms with Crippen LogP contribution in [0, 0.1) is 11.6 Å². The molecule has 88 valence electrons. The molecular formula is C10H7F2N3O2. The molecule has 0 fully saturated rings. The van der Waals surface area contributed by atoms with E-state index in [0.29, 0.717) is 0 Å². The van der Waals surface area contributed by atoms with Gasteiger partial charge in [-0.3, -0.25) is 0 Å². The molecule has 0 atom stereocenters. The molecular weight excluding hydrogens is 232 g/mol. The number of hydrogen-bond donors (Lipinski definition) is 1. The fourth-order valence-electron chi connectivity index (χ4n) is 1.41. The standard InChI is InChI=1S/C10H7F2N3O2/c1-15-13-8(9(14-15)10(16)17)6-4-5(11)2-3-7(6)12/h2-4H,1H3,(H,16,17). The first-order valence-corrected chi connectivity index (χ1v) is 4.59. The van der Waals surface area contributed by atoms with Crippen molar-refractivity contribution in [3.8, 4) is 11.3 Å². The van der Waals surface area contributed by atoms with E-state index in [9.17, 15) is 13.6 Å². The Hall–Kier alpha value is -2.31. The van der Waals surface area contributed by atoms with Crippen LogP contribution in [0.2, 0.25) is 0 Å². The van der Waals surface area contributed by atoms with Crippen molar-refractivity contribution in [2.75, 3.05) is 0 Å². The lowest BCUT2D eigenvalue weighted by atomic mass is 10.1. The van der Waals surface area contributed by atoms with Crippen LogP contribution in [-0.4, -0.2) is 26.1 Å². The third-order valence-electron chi connectivity index (χ3n) is 2.10. The van der Waals surface area contributed by atoms with E-state index in [4.69, 9.17) is 5.11 Å². The molecule has 0 radical (unpaired) electrons. The first-order chi connectivity index (χ1) is 7.99. The monoisotopic (exact) mass is 239 g/mol. The number of hydrogen-bond acceptors (Lipinski definition) is 3. The quantitative estimate of drug-likeness (QED) is 0.861. The third-order valence-corrected chi connectivity index (χ3v) is 2.10. The van der Waals surface area contributed by atoms with E-state index in [1.807, 2.05) is 0 Å². The van der Waals surface area contributed by atoms with Gasteiger partial charge in [-0.25, -0.2) is 13.6 Å². The summed E-state index contributed by atoms with van der Waals surface area (Å²) in [5.41, 5.74) is -0.843. The summed E-state index contributed by atoms with van der Waals surface area (Å²) in [4.78, 5) is 11.9. The van der Waals surface area contributed by atoms with Crippen molar-refractivity contribution in [3.05, 3.63) is 35.5 Å². The Morgan fingerprint density at radius 3 is 2.71 bits per heavy atom. The van der Waals surface area contributed by atoms with Crippen LogP contribution in [0.4, 0.5) is 8.78 Å². The maximum atomic E-state index is 13.5. The van der Waals surface area contributed by atoms with Gasteiger partial charge in [0.25, 0.3) is 0 Å². The molecule has 0 bridgehead atoms. The summed E-state index contributed by atoms with van der Waals surface area (Å²) in [6.07, 6.45) is 0. The van der Waals surface area contributed by atoms with Gasteiger partial charge in [0.1, 0.15) is 17.3 Å². The first-order valence-electron chi connectivity index (χ1n) is 4.59. The van der Waals surface area contributed by atoms with Crippen LogP contribution >= 0.6 is 0 Å². The minimum absolute atomic E-state index is 0.197. The van der Waals surface area contributed by atoms with Crippen molar-refractivity contribution in [2.24, 2.45) is 7.05 Å². The number of carboxylic acid groups (broad SMARTS) is 1. The zero-order valence-electron chi connectivity index (χ0n) is 8.69. The highest BCUT2D eigenvalue weighted by Gasteiger charge is 2.21. The van der Waals surface area contributed by atoms with Gasteiger partial charge in [-0.15, -0.1) is 5.10 Å². The van der Waals surface area contributed by atoms with E-state index in [1.165, 1.54) is 7.05 Å². The Bertz CT molecular complexity index is 595. The normalized spacial score (nSPS) is 10.5. The lowest BCUT2D eigenvalue weighted by Crippen LogP contribution is -2.01. The van der Waals surface area contributed by atoms with Crippen LogP contribution in [0.1, 0.15) is 10.5 Å². The number of aromatic carboxylic acids is 1. The second-order valence-corrected chi connectivity index (χ2v) is 3.32. The largest absolute Gasteiger partial charge is 0.476 e. The van der Waals surface area contributed by atoms with Crippen LogP contribution in [-0.2, 0) is 7.05 Å². The second-order valence-electron chi connectivity index (χ2n) is 3.32. The Kier molecular flexibility index (Phi) is 2.58. The van der Waals surface area contributed by atoms with Gasteiger partial charge < -0.3 is 5.11 Å². The molecule has 1 heterocycles. The van der Waals surface area contributed by atoms with E-state index in [0.717, 1.165) is 23.0 Å². The van der Waals surface area contributed by atoms with Crippen LogP contribution < -0.4 is 0 Å². The van der Waals surface area contributed by atoms with Gasteiger partial charge in [0.2, 0.25) is 0 Å². The summed E-state index contributed by atoms with van der Waals surface area (Å²) in [7, 11) is 1.40. The molecule has 0 spiro atoms. The number of nitrogens with zero attached hydrogens (tertiary/aromatic N) is 3. The molecule has 1 aromatic carbocycles. The van der Waals surface area contributed by atoms with Gasteiger partial charge in [-0.2, -0.15) is 9.90 Å². The zero-order valence-corrected chi connectivity index (χ0v) is 8.69. The summed E-state index contributed by atoms with van der Waals surface area (Å²) in [6, 6.07) is 2.73. The highest BCUT2D eigenvalue weighted by atomic mass is 19.1. The van der Waals surface area contributed by atoms with Gasteiger partial charge in [-0.05, 0) is 18.2 Å². The number of aromatic nitrogens is 3. The Morgan fingerprint density at radius 1 is 1.35 bits per heavy atom. The molecule has 0 amide bonds. The Labute approximate surface area is 94.3 Å². The minimum atomic E-state index is -1.35. The van der Waals surface area contributed by atoms with E-state index in [-0.39, 0.29) is 11.3 Å². The molecule has 0 aliphatic rings. The van der Waals surface area contributed by atoms with Crippen molar-refractivity contribution >= 4 is 5.97 Å². The Balaban J connectivity index is 2.67. The predicted molar refractivity (Wildman–Crippen MR) is 53.3 cm³/mol. The van der Waals surface area contributed by atoms with Gasteiger partial charge in [0.15, 0.2) is 5.69 Å². The summed E-state index contributed by atoms with van der Waals surface area (Å²) < 4.78 is 26.5. The van der Waals surface area contributed by atoms with Crippen molar-refractivity contribution in [3.63, 3.8) is 0 Å². The van der Waals surface area contributed by atoms with Crippen molar-refractivity contribution < 1.29 is 18.7 Å². The van der Waals surface area contributed by atoms with Crippen molar-refractivity contribution in [1.29, 1.82) is 0 Å². The SMILES string of the molecule is Cn1nc(C(=O)O)c(-c2cc(F)ccc2F)n1. The maximum absolute atomic E-state index is 13.5. The number of benzene rings is 1. The van der Waals surface area contributed by atoms with E-state index in [1.54, 1.807) is 0 Å². The molecule has 5 nitrogen and oxygen atoms in total. The summed E-state index contributed by atoms with van der Waals surface area (Å²) >= 11 is 0. The van der Waals surface area contributed by atoms with E-state index < -0.39 is 23.3 Å². The molecule has 0 unspecified atom stereocenters. The smallest absolute Gasteiger partial charge is 0.358 e. The first kappa shape index (κ1) is 11.2. The number of aryl methyl sites for hydroxylation is 1. The van der Waals surface area contributed by atoms with Crippen LogP contribution in [0.15, 0.2) is 18.2 Å². The Morgan fingerprint density at radius 2 is 2.06 bits per heavy atom. The van der Waals surface area contributed by atoms with Gasteiger partial charge in [0, 0.05) is 12.6 Å². The molecule has 0 saturated heterocycles. The summed E-state index contributed by atoms with van der Waals surface area (Å²) in [6.45, 7) is 0. The fraction of sp³-hybridized carbons (Fsp3) is 0.100. The fourth-order valence-corrected chi connectivity index (χ4v) is 1.41. The van der Waals surface area contributed by atoms with Crippen LogP contribution in [0.5, 0.6) is 0 Å².